The number of ketones is 1. The summed E-state index contributed by atoms with van der Waals surface area (Å²) in [5.41, 5.74) is -0.956. The second kappa shape index (κ2) is 3.96. The third-order valence-corrected chi connectivity index (χ3v) is 5.24. The molecule has 5 nitrogen and oxygen atoms in total. The minimum Gasteiger partial charge on any atom is -0.351 e. The SMILES string of the molecule is CC1(C)C(=O)CCCN1S(=O)(=O)c1ccc[nH]1. The quantitative estimate of drug-likeness (QED) is 0.862. The molecule has 1 fully saturated rings. The van der Waals surface area contributed by atoms with Crippen LogP contribution >= 0.6 is 0 Å². The molecule has 0 atom stereocenters. The number of nitrogens with zero attached hydrogens (tertiary/aromatic N) is 1. The van der Waals surface area contributed by atoms with Gasteiger partial charge in [0.1, 0.15) is 5.03 Å². The molecular formula is C11H16N2O3S. The zero-order valence-corrected chi connectivity index (χ0v) is 10.8. The van der Waals surface area contributed by atoms with Gasteiger partial charge < -0.3 is 4.98 Å². The molecule has 1 aliphatic rings. The molecule has 1 aromatic rings. The number of carbonyl (C=O) groups is 1. The van der Waals surface area contributed by atoms with Gasteiger partial charge in [-0.3, -0.25) is 4.79 Å². The standard InChI is InChI=1S/C11H16N2O3S/c1-11(2)9(14)5-4-8-13(11)17(15,16)10-6-3-7-12-10/h3,6-7,12H,4-5,8H2,1-2H3. The van der Waals surface area contributed by atoms with E-state index in [-0.39, 0.29) is 10.8 Å². The molecule has 2 rings (SSSR count). The van der Waals surface area contributed by atoms with Gasteiger partial charge in [0.25, 0.3) is 10.0 Å². The van der Waals surface area contributed by atoms with Crippen LogP contribution < -0.4 is 0 Å². The molecule has 0 radical (unpaired) electrons. The van der Waals surface area contributed by atoms with Crippen LogP contribution in [0, 0.1) is 0 Å². The number of hydrogen-bond donors (Lipinski definition) is 1. The van der Waals surface area contributed by atoms with E-state index in [9.17, 15) is 13.2 Å². The fourth-order valence-electron chi connectivity index (χ4n) is 2.12. The van der Waals surface area contributed by atoms with Crippen LogP contribution in [0.4, 0.5) is 0 Å². The van der Waals surface area contributed by atoms with Crippen LogP contribution in [-0.2, 0) is 14.8 Å². The topological polar surface area (TPSA) is 70.2 Å². The molecule has 1 aromatic heterocycles. The lowest BCUT2D eigenvalue weighted by Gasteiger charge is -2.39. The van der Waals surface area contributed by atoms with E-state index in [2.05, 4.69) is 4.98 Å². The first-order valence-electron chi connectivity index (χ1n) is 5.56. The molecule has 1 aliphatic heterocycles. The lowest BCUT2D eigenvalue weighted by atomic mass is 9.92. The summed E-state index contributed by atoms with van der Waals surface area (Å²) < 4.78 is 26.0. The smallest absolute Gasteiger partial charge is 0.259 e. The summed E-state index contributed by atoms with van der Waals surface area (Å²) in [4.78, 5) is 14.5. The van der Waals surface area contributed by atoms with Gasteiger partial charge >= 0.3 is 0 Å². The Balaban J connectivity index is 2.43. The maximum atomic E-state index is 12.4. The van der Waals surface area contributed by atoms with Crippen molar-refractivity contribution in [3.63, 3.8) is 0 Å². The fourth-order valence-corrected chi connectivity index (χ4v) is 3.90. The summed E-state index contributed by atoms with van der Waals surface area (Å²) >= 11 is 0. The van der Waals surface area contributed by atoms with Gasteiger partial charge in [-0.15, -0.1) is 0 Å². The number of carbonyl (C=O) groups excluding carboxylic acids is 1. The molecule has 0 unspecified atom stereocenters. The summed E-state index contributed by atoms with van der Waals surface area (Å²) in [7, 11) is -3.60. The molecule has 0 bridgehead atoms. The Labute approximate surface area is 101 Å². The lowest BCUT2D eigenvalue weighted by Crippen LogP contribution is -2.56. The van der Waals surface area contributed by atoms with Crippen molar-refractivity contribution in [1.29, 1.82) is 0 Å². The van der Waals surface area contributed by atoms with Gasteiger partial charge in [-0.05, 0) is 32.4 Å². The van der Waals surface area contributed by atoms with E-state index in [0.29, 0.717) is 19.4 Å². The molecular weight excluding hydrogens is 240 g/mol. The average Bonchev–Trinajstić information content (AvgIpc) is 2.75. The van der Waals surface area contributed by atoms with Gasteiger partial charge in [0.15, 0.2) is 5.78 Å². The Morgan fingerprint density at radius 2 is 2.12 bits per heavy atom. The number of Topliss-reactive ketones (excluding diaryl/α,β-unsaturated/α-hetero) is 1. The number of rotatable bonds is 2. The number of sulfonamides is 1. The van der Waals surface area contributed by atoms with E-state index >= 15 is 0 Å². The minimum absolute atomic E-state index is 0.0288. The van der Waals surface area contributed by atoms with E-state index in [1.165, 1.54) is 10.4 Å². The Morgan fingerprint density at radius 3 is 2.71 bits per heavy atom. The maximum Gasteiger partial charge on any atom is 0.259 e. The van der Waals surface area contributed by atoms with E-state index in [1.807, 2.05) is 0 Å². The number of H-pyrrole nitrogens is 1. The molecule has 2 heterocycles. The van der Waals surface area contributed by atoms with Crippen LogP contribution in [0.15, 0.2) is 23.4 Å². The summed E-state index contributed by atoms with van der Waals surface area (Å²) in [6.45, 7) is 3.71. The Bertz CT molecular complexity index is 517. The predicted molar refractivity (Wildman–Crippen MR) is 63.0 cm³/mol. The van der Waals surface area contributed by atoms with Crippen molar-refractivity contribution in [2.45, 2.75) is 37.3 Å². The van der Waals surface area contributed by atoms with Crippen LogP contribution in [0.5, 0.6) is 0 Å². The molecule has 94 valence electrons. The molecule has 0 aliphatic carbocycles. The number of piperidine rings is 1. The Kier molecular flexibility index (Phi) is 2.87. The van der Waals surface area contributed by atoms with Gasteiger partial charge in [-0.2, -0.15) is 4.31 Å². The third kappa shape index (κ3) is 1.91. The summed E-state index contributed by atoms with van der Waals surface area (Å²) in [5, 5.41) is 0.139. The van der Waals surface area contributed by atoms with E-state index in [1.54, 1.807) is 26.1 Å². The van der Waals surface area contributed by atoms with E-state index in [0.717, 1.165) is 0 Å². The van der Waals surface area contributed by atoms with Crippen LogP contribution in [-0.4, -0.2) is 35.6 Å². The van der Waals surface area contributed by atoms with Crippen molar-refractivity contribution in [2.24, 2.45) is 0 Å². The second-order valence-electron chi connectivity index (χ2n) is 4.70. The zero-order valence-electron chi connectivity index (χ0n) is 9.93. The third-order valence-electron chi connectivity index (χ3n) is 3.21. The Morgan fingerprint density at radius 1 is 1.41 bits per heavy atom. The largest absolute Gasteiger partial charge is 0.351 e. The van der Waals surface area contributed by atoms with E-state index < -0.39 is 15.6 Å². The Hall–Kier alpha value is -1.14. The van der Waals surface area contributed by atoms with Gasteiger partial charge in [-0.25, -0.2) is 8.42 Å². The molecule has 6 heteroatoms. The summed E-state index contributed by atoms with van der Waals surface area (Å²) in [6, 6.07) is 3.14. The fraction of sp³-hybridized carbons (Fsp3) is 0.545. The number of hydrogen-bond acceptors (Lipinski definition) is 3. The van der Waals surface area contributed by atoms with Crippen molar-refractivity contribution < 1.29 is 13.2 Å². The molecule has 1 saturated heterocycles. The average molecular weight is 256 g/mol. The number of aromatic amines is 1. The van der Waals surface area contributed by atoms with E-state index in [4.69, 9.17) is 0 Å². The van der Waals surface area contributed by atoms with Crippen LogP contribution in [0.25, 0.3) is 0 Å². The molecule has 0 aromatic carbocycles. The first-order valence-corrected chi connectivity index (χ1v) is 7.00. The van der Waals surface area contributed by atoms with Crippen molar-refractivity contribution in [3.05, 3.63) is 18.3 Å². The predicted octanol–water partition coefficient (Wildman–Crippen LogP) is 1.15. The first-order chi connectivity index (χ1) is 7.87. The van der Waals surface area contributed by atoms with Gasteiger partial charge in [0.2, 0.25) is 0 Å². The number of nitrogens with one attached hydrogen (secondary N) is 1. The van der Waals surface area contributed by atoms with Crippen LogP contribution in [0.2, 0.25) is 0 Å². The highest BCUT2D eigenvalue weighted by atomic mass is 32.2. The molecule has 17 heavy (non-hydrogen) atoms. The van der Waals surface area contributed by atoms with Crippen molar-refractivity contribution in [3.8, 4) is 0 Å². The van der Waals surface area contributed by atoms with Crippen molar-refractivity contribution in [1.82, 2.24) is 9.29 Å². The molecule has 0 saturated carbocycles. The van der Waals surface area contributed by atoms with Gasteiger partial charge in [0, 0.05) is 19.2 Å². The van der Waals surface area contributed by atoms with Crippen molar-refractivity contribution >= 4 is 15.8 Å². The lowest BCUT2D eigenvalue weighted by molar-refractivity contribution is -0.129. The second-order valence-corrected chi connectivity index (χ2v) is 6.53. The van der Waals surface area contributed by atoms with Gasteiger partial charge in [-0.1, -0.05) is 0 Å². The van der Waals surface area contributed by atoms with Crippen LogP contribution in [0.3, 0.4) is 0 Å². The first kappa shape index (κ1) is 12.3. The molecule has 1 N–H and O–H groups in total. The normalized spacial score (nSPS) is 21.6. The van der Waals surface area contributed by atoms with Crippen molar-refractivity contribution in [2.75, 3.05) is 6.54 Å². The zero-order chi connectivity index (χ0) is 12.7. The highest BCUT2D eigenvalue weighted by Gasteiger charge is 2.44. The minimum atomic E-state index is -3.60. The van der Waals surface area contributed by atoms with Gasteiger partial charge in [0.05, 0.1) is 5.54 Å². The molecule has 0 spiro atoms. The van der Waals surface area contributed by atoms with Crippen LogP contribution in [0.1, 0.15) is 26.7 Å². The number of aromatic nitrogens is 1. The summed E-state index contributed by atoms with van der Waals surface area (Å²) in [5.74, 6) is -0.0288. The molecule has 0 amide bonds. The highest BCUT2D eigenvalue weighted by Crippen LogP contribution is 2.29. The highest BCUT2D eigenvalue weighted by molar-refractivity contribution is 7.89. The maximum absolute atomic E-state index is 12.4. The monoisotopic (exact) mass is 256 g/mol. The summed E-state index contributed by atoms with van der Waals surface area (Å²) in [6.07, 6.45) is 2.59.